The van der Waals surface area contributed by atoms with Crippen LogP contribution in [0.25, 0.3) is 0 Å². The van der Waals surface area contributed by atoms with E-state index in [4.69, 9.17) is 4.74 Å². The number of hydrogen-bond acceptors (Lipinski definition) is 2. The largest absolute Gasteiger partial charge is 0.457 e. The molecule has 0 heterocycles. The Morgan fingerprint density at radius 1 is 0.762 bits per heavy atom. The van der Waals surface area contributed by atoms with Gasteiger partial charge < -0.3 is 10.1 Å². The second kappa shape index (κ2) is 9.06. The lowest BCUT2D eigenvalue weighted by Crippen LogP contribution is -2.01. The number of hydrogen-bond donors (Lipinski definition) is 1. The molecule has 0 unspecified atom stereocenters. The highest BCUT2D eigenvalue weighted by molar-refractivity contribution is 5.47. The Morgan fingerprint density at radius 2 is 1.43 bits per heavy atom. The molecule has 2 nitrogen and oxygen atoms in total. The molecular formula is C19H25NO. The van der Waals surface area contributed by atoms with Gasteiger partial charge in [-0.25, -0.2) is 0 Å². The third-order valence-corrected chi connectivity index (χ3v) is 3.44. The van der Waals surface area contributed by atoms with Crippen LogP contribution in [-0.4, -0.2) is 6.54 Å². The van der Waals surface area contributed by atoms with Crippen LogP contribution in [0.15, 0.2) is 54.6 Å². The minimum Gasteiger partial charge on any atom is -0.457 e. The van der Waals surface area contributed by atoms with Crippen LogP contribution in [0.2, 0.25) is 0 Å². The van der Waals surface area contributed by atoms with E-state index in [0.717, 1.165) is 23.7 Å². The van der Waals surface area contributed by atoms with E-state index in [0.29, 0.717) is 0 Å². The van der Waals surface area contributed by atoms with Gasteiger partial charge in [0.15, 0.2) is 0 Å². The van der Waals surface area contributed by atoms with Gasteiger partial charge in [-0.15, -0.1) is 0 Å². The van der Waals surface area contributed by atoms with Crippen LogP contribution in [0.4, 0.5) is 5.69 Å². The van der Waals surface area contributed by atoms with Crippen LogP contribution in [0, 0.1) is 0 Å². The third kappa shape index (κ3) is 5.90. The van der Waals surface area contributed by atoms with Gasteiger partial charge in [-0.05, 0) is 42.8 Å². The molecule has 2 rings (SSSR count). The summed E-state index contributed by atoms with van der Waals surface area (Å²) in [5.41, 5.74) is 1.16. The lowest BCUT2D eigenvalue weighted by atomic mass is 10.1. The standard InChI is InChI=1S/C19H25NO/c1-2-3-4-5-9-16-20-17-12-14-19(15-13-17)21-18-10-7-6-8-11-18/h6-8,10-15,20H,2-5,9,16H2,1H3. The quantitative estimate of drug-likeness (QED) is 0.582. The zero-order chi connectivity index (χ0) is 14.8. The van der Waals surface area contributed by atoms with E-state index in [2.05, 4.69) is 24.4 Å². The molecule has 0 amide bonds. The van der Waals surface area contributed by atoms with Gasteiger partial charge >= 0.3 is 0 Å². The highest BCUT2D eigenvalue weighted by Crippen LogP contribution is 2.22. The topological polar surface area (TPSA) is 21.3 Å². The van der Waals surface area contributed by atoms with Crippen molar-refractivity contribution in [2.75, 3.05) is 11.9 Å². The molecule has 0 aliphatic carbocycles. The molecule has 0 saturated carbocycles. The van der Waals surface area contributed by atoms with Crippen LogP contribution in [0.1, 0.15) is 39.0 Å². The maximum absolute atomic E-state index is 5.78. The number of unbranched alkanes of at least 4 members (excludes halogenated alkanes) is 4. The van der Waals surface area contributed by atoms with Crippen molar-refractivity contribution >= 4 is 5.69 Å². The Morgan fingerprint density at radius 3 is 2.14 bits per heavy atom. The molecule has 0 aliphatic rings. The molecule has 2 aromatic carbocycles. The zero-order valence-corrected chi connectivity index (χ0v) is 12.8. The first-order valence-corrected chi connectivity index (χ1v) is 7.95. The summed E-state index contributed by atoms with van der Waals surface area (Å²) in [7, 11) is 0. The van der Waals surface area contributed by atoms with E-state index in [1.807, 2.05) is 42.5 Å². The van der Waals surface area contributed by atoms with E-state index in [1.54, 1.807) is 0 Å². The predicted octanol–water partition coefficient (Wildman–Crippen LogP) is 5.86. The molecule has 0 saturated heterocycles. The fourth-order valence-electron chi connectivity index (χ4n) is 2.23. The first-order chi connectivity index (χ1) is 10.4. The van der Waals surface area contributed by atoms with Gasteiger partial charge in [0.1, 0.15) is 11.5 Å². The van der Waals surface area contributed by atoms with Crippen molar-refractivity contribution in [1.82, 2.24) is 0 Å². The monoisotopic (exact) mass is 283 g/mol. The number of ether oxygens (including phenoxy) is 1. The van der Waals surface area contributed by atoms with Gasteiger partial charge in [-0.1, -0.05) is 50.8 Å². The molecule has 2 aromatic rings. The molecule has 0 spiro atoms. The van der Waals surface area contributed by atoms with Crippen molar-refractivity contribution in [3.05, 3.63) is 54.6 Å². The van der Waals surface area contributed by atoms with Crippen molar-refractivity contribution in [2.24, 2.45) is 0 Å². The zero-order valence-electron chi connectivity index (χ0n) is 12.8. The molecular weight excluding hydrogens is 258 g/mol. The summed E-state index contributed by atoms with van der Waals surface area (Å²) in [6.45, 7) is 3.29. The van der Waals surface area contributed by atoms with Crippen molar-refractivity contribution in [1.29, 1.82) is 0 Å². The molecule has 0 atom stereocenters. The van der Waals surface area contributed by atoms with Gasteiger partial charge in [0.2, 0.25) is 0 Å². The van der Waals surface area contributed by atoms with Crippen molar-refractivity contribution in [3.63, 3.8) is 0 Å². The Kier molecular flexibility index (Phi) is 6.66. The molecule has 0 aromatic heterocycles. The molecule has 0 aliphatic heterocycles. The SMILES string of the molecule is CCCCCCCNc1ccc(Oc2ccccc2)cc1. The Bertz CT molecular complexity index is 493. The van der Waals surface area contributed by atoms with E-state index in [1.165, 1.54) is 32.1 Å². The molecule has 0 bridgehead atoms. The number of para-hydroxylation sites is 1. The van der Waals surface area contributed by atoms with Gasteiger partial charge in [0, 0.05) is 12.2 Å². The smallest absolute Gasteiger partial charge is 0.127 e. The highest BCUT2D eigenvalue weighted by atomic mass is 16.5. The Hall–Kier alpha value is -1.96. The summed E-state index contributed by atoms with van der Waals surface area (Å²) in [5.74, 6) is 1.74. The van der Waals surface area contributed by atoms with E-state index >= 15 is 0 Å². The maximum Gasteiger partial charge on any atom is 0.127 e. The van der Waals surface area contributed by atoms with E-state index in [9.17, 15) is 0 Å². The normalized spacial score (nSPS) is 10.3. The summed E-state index contributed by atoms with van der Waals surface area (Å²) in [6, 6.07) is 18.0. The lowest BCUT2D eigenvalue weighted by Gasteiger charge is -2.08. The Balaban J connectivity index is 1.72. The van der Waals surface area contributed by atoms with Crippen LogP contribution in [0.5, 0.6) is 11.5 Å². The van der Waals surface area contributed by atoms with Crippen molar-refractivity contribution in [3.8, 4) is 11.5 Å². The summed E-state index contributed by atoms with van der Waals surface area (Å²) in [4.78, 5) is 0. The maximum atomic E-state index is 5.78. The number of rotatable bonds is 9. The average molecular weight is 283 g/mol. The molecule has 2 heteroatoms. The summed E-state index contributed by atoms with van der Waals surface area (Å²) >= 11 is 0. The van der Waals surface area contributed by atoms with Gasteiger partial charge in [-0.3, -0.25) is 0 Å². The van der Waals surface area contributed by atoms with Gasteiger partial charge in [0.05, 0.1) is 0 Å². The van der Waals surface area contributed by atoms with Crippen LogP contribution < -0.4 is 10.1 Å². The fraction of sp³-hybridized carbons (Fsp3) is 0.368. The molecule has 1 N–H and O–H groups in total. The summed E-state index contributed by atoms with van der Waals surface area (Å²) < 4.78 is 5.78. The first kappa shape index (κ1) is 15.4. The van der Waals surface area contributed by atoms with Gasteiger partial charge in [-0.2, -0.15) is 0 Å². The van der Waals surface area contributed by atoms with E-state index in [-0.39, 0.29) is 0 Å². The predicted molar refractivity (Wildman–Crippen MR) is 90.2 cm³/mol. The minimum absolute atomic E-state index is 0.870. The number of anilines is 1. The Labute approximate surface area is 128 Å². The summed E-state index contributed by atoms with van der Waals surface area (Å²) in [5, 5.41) is 3.46. The van der Waals surface area contributed by atoms with Crippen molar-refractivity contribution < 1.29 is 4.74 Å². The van der Waals surface area contributed by atoms with Crippen LogP contribution >= 0.6 is 0 Å². The molecule has 0 radical (unpaired) electrons. The average Bonchev–Trinajstić information content (AvgIpc) is 2.53. The van der Waals surface area contributed by atoms with Gasteiger partial charge in [0.25, 0.3) is 0 Å². The summed E-state index contributed by atoms with van der Waals surface area (Å²) in [6.07, 6.45) is 6.56. The van der Waals surface area contributed by atoms with Crippen LogP contribution in [-0.2, 0) is 0 Å². The molecule has 0 fully saturated rings. The highest BCUT2D eigenvalue weighted by Gasteiger charge is 1.97. The minimum atomic E-state index is 0.870. The first-order valence-electron chi connectivity index (χ1n) is 7.95. The second-order valence-corrected chi connectivity index (χ2v) is 5.28. The number of nitrogens with one attached hydrogen (secondary N) is 1. The van der Waals surface area contributed by atoms with Crippen molar-refractivity contribution in [2.45, 2.75) is 39.0 Å². The molecule has 112 valence electrons. The van der Waals surface area contributed by atoms with Crippen LogP contribution in [0.3, 0.4) is 0 Å². The lowest BCUT2D eigenvalue weighted by molar-refractivity contribution is 0.483. The second-order valence-electron chi connectivity index (χ2n) is 5.28. The third-order valence-electron chi connectivity index (χ3n) is 3.44. The fourth-order valence-corrected chi connectivity index (χ4v) is 2.23. The van der Waals surface area contributed by atoms with E-state index < -0.39 is 0 Å². The number of benzene rings is 2. The molecule has 21 heavy (non-hydrogen) atoms.